The van der Waals surface area contributed by atoms with Crippen molar-refractivity contribution in [3.63, 3.8) is 0 Å². The Labute approximate surface area is 85.6 Å². The van der Waals surface area contributed by atoms with E-state index < -0.39 is 10.0 Å². The molecule has 0 amide bonds. The summed E-state index contributed by atoms with van der Waals surface area (Å²) in [6.07, 6.45) is 0. The van der Waals surface area contributed by atoms with E-state index in [0.717, 1.165) is 5.71 Å². The van der Waals surface area contributed by atoms with Crippen LogP contribution in [0.3, 0.4) is 0 Å². The maximum Gasteiger partial charge on any atom is 0.123 e. The molecule has 6 heteroatoms. The van der Waals surface area contributed by atoms with E-state index in [1.807, 2.05) is 13.8 Å². The van der Waals surface area contributed by atoms with Crippen LogP contribution in [0.4, 0.5) is 0 Å². The molecule has 0 saturated heterocycles. The van der Waals surface area contributed by atoms with Crippen molar-refractivity contribution in [3.8, 4) is 0 Å². The molecule has 1 aliphatic rings. The number of rotatable bonds is 1. The van der Waals surface area contributed by atoms with E-state index in [1.165, 1.54) is 0 Å². The Bertz CT molecular complexity index is 271. The second-order valence-electron chi connectivity index (χ2n) is 2.80. The minimum absolute atomic E-state index is 0. The van der Waals surface area contributed by atoms with E-state index in [2.05, 4.69) is 9.71 Å². The van der Waals surface area contributed by atoms with Gasteiger partial charge in [-0.1, -0.05) is 20.4 Å². The van der Waals surface area contributed by atoms with Crippen LogP contribution >= 0.6 is 0 Å². The quantitative estimate of drug-likeness (QED) is 0.665. The van der Waals surface area contributed by atoms with E-state index in [1.54, 1.807) is 0 Å². The molecule has 0 aliphatic carbocycles. The topological polar surface area (TPSA) is 60.6 Å². The summed E-state index contributed by atoms with van der Waals surface area (Å²) in [5.41, 5.74) is 0.875. The van der Waals surface area contributed by atoms with Crippen LogP contribution in [-0.2, 0) is 29.5 Å². The SMILES string of the molecule is CC(C)C1=NCS(=O)(=O)[N-]C1.[Rh]. The van der Waals surface area contributed by atoms with Gasteiger partial charge < -0.3 is 4.72 Å². The molecular weight excluding hydrogens is 267 g/mol. The third kappa shape index (κ3) is 3.29. The second-order valence-corrected chi connectivity index (χ2v) is 4.48. The van der Waals surface area contributed by atoms with Crippen molar-refractivity contribution in [2.45, 2.75) is 13.8 Å². The van der Waals surface area contributed by atoms with Gasteiger partial charge in [-0.3, -0.25) is 4.99 Å². The van der Waals surface area contributed by atoms with Gasteiger partial charge in [-0.25, -0.2) is 8.42 Å². The number of hydrogen-bond acceptors (Lipinski definition) is 3. The van der Waals surface area contributed by atoms with E-state index in [9.17, 15) is 8.42 Å². The third-order valence-electron chi connectivity index (χ3n) is 1.52. The van der Waals surface area contributed by atoms with E-state index in [4.69, 9.17) is 0 Å². The minimum atomic E-state index is -3.21. The summed E-state index contributed by atoms with van der Waals surface area (Å²) < 4.78 is 25.0. The molecular formula is C6H11N2O2RhS-. The van der Waals surface area contributed by atoms with Crippen LogP contribution in [-0.4, -0.2) is 26.6 Å². The van der Waals surface area contributed by atoms with Crippen molar-refractivity contribution in [2.24, 2.45) is 10.9 Å². The van der Waals surface area contributed by atoms with Crippen molar-refractivity contribution < 1.29 is 27.9 Å². The van der Waals surface area contributed by atoms with Gasteiger partial charge in [0.1, 0.15) is 5.88 Å². The van der Waals surface area contributed by atoms with Crippen LogP contribution in [0.2, 0.25) is 0 Å². The zero-order chi connectivity index (χ0) is 8.48. The maximum absolute atomic E-state index is 10.7. The minimum Gasteiger partial charge on any atom is -0.543 e. The predicted octanol–water partition coefficient (Wildman–Crippen LogP) is 0.756. The Hall–Kier alpha value is 0.203. The first-order valence-electron chi connectivity index (χ1n) is 3.46. The van der Waals surface area contributed by atoms with Crippen LogP contribution < -0.4 is 0 Å². The summed E-state index contributed by atoms with van der Waals surface area (Å²) in [7, 11) is -3.21. The van der Waals surface area contributed by atoms with Gasteiger partial charge in [-0.15, -0.1) is 0 Å². The molecule has 1 rings (SSSR count). The predicted molar refractivity (Wildman–Crippen MR) is 44.3 cm³/mol. The molecule has 0 atom stereocenters. The Balaban J connectivity index is 0.00000121. The molecule has 4 nitrogen and oxygen atoms in total. The average Bonchev–Trinajstić information content (AvgIpc) is 1.86. The van der Waals surface area contributed by atoms with E-state index in [-0.39, 0.29) is 31.9 Å². The molecule has 73 valence electrons. The van der Waals surface area contributed by atoms with Gasteiger partial charge in [0.15, 0.2) is 0 Å². The fourth-order valence-corrected chi connectivity index (χ4v) is 1.52. The molecule has 0 spiro atoms. The van der Waals surface area contributed by atoms with Crippen molar-refractivity contribution >= 4 is 15.7 Å². The first kappa shape index (κ1) is 12.2. The first-order valence-corrected chi connectivity index (χ1v) is 5.07. The molecule has 0 unspecified atom stereocenters. The van der Waals surface area contributed by atoms with Gasteiger partial charge in [0.05, 0.1) is 10.0 Å². The normalized spacial score (nSPS) is 21.4. The summed E-state index contributed by atoms with van der Waals surface area (Å²) in [4.78, 5) is 3.92. The van der Waals surface area contributed by atoms with Gasteiger partial charge in [0.2, 0.25) is 0 Å². The molecule has 0 fully saturated rings. The Kier molecular flexibility index (Phi) is 4.52. The van der Waals surface area contributed by atoms with Crippen LogP contribution in [0, 0.1) is 5.92 Å². The second kappa shape index (κ2) is 4.44. The molecule has 1 aliphatic heterocycles. The average molecular weight is 278 g/mol. The van der Waals surface area contributed by atoms with Crippen LogP contribution in [0.1, 0.15) is 13.8 Å². The largest absolute Gasteiger partial charge is 0.543 e. The van der Waals surface area contributed by atoms with Crippen molar-refractivity contribution in [3.05, 3.63) is 4.72 Å². The zero-order valence-corrected chi connectivity index (χ0v) is 9.40. The van der Waals surface area contributed by atoms with E-state index >= 15 is 0 Å². The third-order valence-corrected chi connectivity index (χ3v) is 2.50. The fourth-order valence-electron chi connectivity index (χ4n) is 0.785. The molecule has 1 heterocycles. The molecule has 1 radical (unpaired) electrons. The van der Waals surface area contributed by atoms with Gasteiger partial charge in [0.25, 0.3) is 0 Å². The monoisotopic (exact) mass is 278 g/mol. The number of hydrogen-bond donors (Lipinski definition) is 0. The number of sulfonamides is 1. The van der Waals surface area contributed by atoms with Gasteiger partial charge in [-0.2, -0.15) is 0 Å². The summed E-state index contributed by atoms with van der Waals surface area (Å²) in [6, 6.07) is 0. The van der Waals surface area contributed by atoms with Crippen LogP contribution in [0.25, 0.3) is 4.72 Å². The van der Waals surface area contributed by atoms with Crippen molar-refractivity contribution in [1.82, 2.24) is 0 Å². The molecule has 0 N–H and O–H groups in total. The van der Waals surface area contributed by atoms with Crippen molar-refractivity contribution in [1.29, 1.82) is 0 Å². The molecule has 0 bridgehead atoms. The van der Waals surface area contributed by atoms with Crippen LogP contribution in [0.15, 0.2) is 4.99 Å². The standard InChI is InChI=1S/C6H11N2O2S.Rh/c1-5(2)6-3-8-11(9,10)4-7-6;/h5H,3-4H2,1-2H3;/q-1;. The molecule has 0 aromatic carbocycles. The summed E-state index contributed by atoms with van der Waals surface area (Å²) in [6.45, 7) is 4.21. The summed E-state index contributed by atoms with van der Waals surface area (Å²) in [5, 5.41) is 0. The summed E-state index contributed by atoms with van der Waals surface area (Å²) in [5.74, 6) is 0.134. The van der Waals surface area contributed by atoms with Gasteiger partial charge in [0, 0.05) is 19.5 Å². The van der Waals surface area contributed by atoms with Crippen molar-refractivity contribution in [2.75, 3.05) is 12.4 Å². The molecule has 0 saturated carbocycles. The van der Waals surface area contributed by atoms with E-state index in [0.29, 0.717) is 5.92 Å². The zero-order valence-electron chi connectivity index (χ0n) is 6.94. The van der Waals surface area contributed by atoms with Gasteiger partial charge in [-0.05, 0) is 11.6 Å². The van der Waals surface area contributed by atoms with Crippen LogP contribution in [0.5, 0.6) is 0 Å². The summed E-state index contributed by atoms with van der Waals surface area (Å²) >= 11 is 0. The smallest absolute Gasteiger partial charge is 0.123 e. The molecule has 12 heavy (non-hydrogen) atoms. The fraction of sp³-hybridized carbons (Fsp3) is 0.833. The Morgan fingerprint density at radius 3 is 2.42 bits per heavy atom. The number of aliphatic imine (C=N–C) groups is 1. The maximum atomic E-state index is 10.7. The molecule has 0 aromatic rings. The Morgan fingerprint density at radius 2 is 2.08 bits per heavy atom. The number of nitrogens with zero attached hydrogens (tertiary/aromatic N) is 2. The molecule has 0 aromatic heterocycles. The first-order chi connectivity index (χ1) is 5.01. The van der Waals surface area contributed by atoms with Gasteiger partial charge >= 0.3 is 0 Å². The Morgan fingerprint density at radius 1 is 1.50 bits per heavy atom.